The van der Waals surface area contributed by atoms with Gasteiger partial charge in [-0.1, -0.05) is 18.2 Å². The number of fused-ring (bicyclic) bond motifs is 2. The molecule has 1 saturated carbocycles. The molecule has 0 spiro atoms. The highest BCUT2D eigenvalue weighted by molar-refractivity contribution is 5.84. The highest BCUT2D eigenvalue weighted by Gasteiger charge is 2.58. The summed E-state index contributed by atoms with van der Waals surface area (Å²) in [5.41, 5.74) is 3.07. The summed E-state index contributed by atoms with van der Waals surface area (Å²) in [6.45, 7) is 2.34. The average molecular weight is 210 g/mol. The van der Waals surface area contributed by atoms with E-state index < -0.39 is 0 Å². The predicted octanol–water partition coefficient (Wildman–Crippen LogP) is 2.10. The molecule has 2 heteroatoms. The second-order valence-corrected chi connectivity index (χ2v) is 5.06. The monoisotopic (exact) mass is 210 g/mol. The second kappa shape index (κ2) is 2.83. The van der Waals surface area contributed by atoms with Crippen LogP contribution in [0.5, 0.6) is 0 Å². The fraction of sp³-hybridized carbons (Fsp3) is 0.357. The molecule has 0 amide bonds. The van der Waals surface area contributed by atoms with Gasteiger partial charge in [0.15, 0.2) is 0 Å². The second-order valence-electron chi connectivity index (χ2n) is 5.06. The van der Waals surface area contributed by atoms with Gasteiger partial charge in [0, 0.05) is 23.5 Å². The number of aromatic nitrogens is 1. The predicted molar refractivity (Wildman–Crippen MR) is 64.4 cm³/mol. The maximum Gasteiger partial charge on any atom is 0.0704 e. The first kappa shape index (κ1) is 8.71. The normalized spacial score (nSPS) is 31.6. The van der Waals surface area contributed by atoms with E-state index in [1.54, 1.807) is 0 Å². The van der Waals surface area contributed by atoms with Gasteiger partial charge in [-0.05, 0) is 36.6 Å². The molecule has 2 aliphatic rings. The molecule has 1 saturated heterocycles. The molecule has 2 nitrogen and oxygen atoms in total. The number of benzene rings is 1. The summed E-state index contributed by atoms with van der Waals surface area (Å²) in [4.78, 5) is 4.44. The summed E-state index contributed by atoms with van der Waals surface area (Å²) in [5, 5.41) is 4.85. The highest BCUT2D eigenvalue weighted by Crippen LogP contribution is 2.57. The van der Waals surface area contributed by atoms with Gasteiger partial charge in [0.1, 0.15) is 0 Å². The Bertz CT molecular complexity index is 558. The van der Waals surface area contributed by atoms with Crippen molar-refractivity contribution >= 4 is 10.9 Å². The van der Waals surface area contributed by atoms with E-state index in [0.717, 1.165) is 18.0 Å². The molecule has 0 bridgehead atoms. The molecule has 0 radical (unpaired) electrons. The molecule has 1 aromatic heterocycles. The highest BCUT2D eigenvalue weighted by atomic mass is 15.0. The molecular weight excluding hydrogens is 196 g/mol. The Morgan fingerprint density at radius 2 is 2.25 bits per heavy atom. The fourth-order valence-electron chi connectivity index (χ4n) is 3.30. The van der Waals surface area contributed by atoms with Crippen LogP contribution in [0.1, 0.15) is 12.0 Å². The largest absolute Gasteiger partial charge is 0.316 e. The van der Waals surface area contributed by atoms with Gasteiger partial charge in [-0.3, -0.25) is 4.98 Å². The van der Waals surface area contributed by atoms with Crippen LogP contribution in [0.15, 0.2) is 36.5 Å². The molecule has 1 N–H and O–H groups in total. The van der Waals surface area contributed by atoms with E-state index in [1.165, 1.54) is 23.9 Å². The molecule has 80 valence electrons. The van der Waals surface area contributed by atoms with Crippen LogP contribution in [0.4, 0.5) is 0 Å². The van der Waals surface area contributed by atoms with Crippen molar-refractivity contribution in [1.29, 1.82) is 0 Å². The zero-order valence-electron chi connectivity index (χ0n) is 9.11. The Morgan fingerprint density at radius 1 is 1.25 bits per heavy atom. The Hall–Kier alpha value is -1.41. The minimum Gasteiger partial charge on any atom is -0.316 e. The summed E-state index contributed by atoms with van der Waals surface area (Å²) < 4.78 is 0. The van der Waals surface area contributed by atoms with Crippen LogP contribution in [-0.2, 0) is 5.41 Å². The number of piperidine rings is 1. The first-order valence-electron chi connectivity index (χ1n) is 5.95. The van der Waals surface area contributed by atoms with Crippen molar-refractivity contribution in [2.75, 3.05) is 13.1 Å². The molecule has 2 atom stereocenters. The quantitative estimate of drug-likeness (QED) is 0.779. The molecule has 16 heavy (non-hydrogen) atoms. The SMILES string of the molecule is c1cc(C23CNC[C@H]2C3)c2cccnc2c1. The van der Waals surface area contributed by atoms with E-state index >= 15 is 0 Å². The number of nitrogens with zero attached hydrogens (tertiary/aromatic N) is 1. The van der Waals surface area contributed by atoms with E-state index in [1.807, 2.05) is 12.3 Å². The van der Waals surface area contributed by atoms with Crippen LogP contribution in [0.25, 0.3) is 10.9 Å². The van der Waals surface area contributed by atoms with Gasteiger partial charge in [-0.2, -0.15) is 0 Å². The van der Waals surface area contributed by atoms with Crippen LogP contribution in [0, 0.1) is 5.92 Å². The minimum absolute atomic E-state index is 0.433. The van der Waals surface area contributed by atoms with Crippen molar-refractivity contribution < 1.29 is 0 Å². The van der Waals surface area contributed by atoms with Crippen LogP contribution >= 0.6 is 0 Å². The summed E-state index contributed by atoms with van der Waals surface area (Å²) in [6.07, 6.45) is 3.23. The van der Waals surface area contributed by atoms with Gasteiger partial charge in [0.05, 0.1) is 5.52 Å². The van der Waals surface area contributed by atoms with Gasteiger partial charge < -0.3 is 5.32 Å². The van der Waals surface area contributed by atoms with E-state index in [4.69, 9.17) is 0 Å². The summed E-state index contributed by atoms with van der Waals surface area (Å²) in [6, 6.07) is 10.8. The molecule has 4 rings (SSSR count). The van der Waals surface area contributed by atoms with Crippen LogP contribution in [0.2, 0.25) is 0 Å². The summed E-state index contributed by atoms with van der Waals surface area (Å²) in [5.74, 6) is 0.860. The molecule has 1 aromatic carbocycles. The third-order valence-corrected chi connectivity index (χ3v) is 4.25. The molecule has 1 aliphatic heterocycles. The van der Waals surface area contributed by atoms with Crippen molar-refractivity contribution in [3.05, 3.63) is 42.1 Å². The molecule has 1 unspecified atom stereocenters. The average Bonchev–Trinajstić information content (AvgIpc) is 2.91. The zero-order chi connectivity index (χ0) is 10.6. The first-order chi connectivity index (χ1) is 7.90. The maximum atomic E-state index is 4.44. The lowest BCUT2D eigenvalue weighted by atomic mass is 9.91. The van der Waals surface area contributed by atoms with Crippen molar-refractivity contribution in [2.45, 2.75) is 11.8 Å². The van der Waals surface area contributed by atoms with Crippen molar-refractivity contribution in [3.63, 3.8) is 0 Å². The maximum absolute atomic E-state index is 4.44. The van der Waals surface area contributed by atoms with E-state index in [9.17, 15) is 0 Å². The van der Waals surface area contributed by atoms with Crippen LogP contribution in [0.3, 0.4) is 0 Å². The number of nitrogens with one attached hydrogen (secondary N) is 1. The topological polar surface area (TPSA) is 24.9 Å². The van der Waals surface area contributed by atoms with E-state index in [0.29, 0.717) is 5.41 Å². The van der Waals surface area contributed by atoms with E-state index in [2.05, 4.69) is 34.6 Å². The van der Waals surface area contributed by atoms with Crippen molar-refractivity contribution in [1.82, 2.24) is 10.3 Å². The van der Waals surface area contributed by atoms with Gasteiger partial charge >= 0.3 is 0 Å². The standard InChI is InChI=1S/C14H14N2/c1-4-12(14-7-10(14)8-15-9-14)11-3-2-6-16-13(11)5-1/h1-6,10,15H,7-9H2/t10-,14?/m1/s1. The Labute approximate surface area is 94.7 Å². The lowest BCUT2D eigenvalue weighted by molar-refractivity contribution is 0.680. The Morgan fingerprint density at radius 3 is 3.06 bits per heavy atom. The molecular formula is C14H14N2. The number of pyridine rings is 1. The van der Waals surface area contributed by atoms with Gasteiger partial charge in [0.2, 0.25) is 0 Å². The van der Waals surface area contributed by atoms with Crippen LogP contribution in [-0.4, -0.2) is 18.1 Å². The molecule has 1 aliphatic carbocycles. The fourth-order valence-corrected chi connectivity index (χ4v) is 3.30. The smallest absolute Gasteiger partial charge is 0.0704 e. The van der Waals surface area contributed by atoms with Crippen molar-refractivity contribution in [2.24, 2.45) is 5.92 Å². The number of rotatable bonds is 1. The number of hydrogen-bond donors (Lipinski definition) is 1. The van der Waals surface area contributed by atoms with E-state index in [-0.39, 0.29) is 0 Å². The molecule has 2 aromatic rings. The van der Waals surface area contributed by atoms with Crippen molar-refractivity contribution in [3.8, 4) is 0 Å². The Balaban J connectivity index is 1.98. The summed E-state index contributed by atoms with van der Waals surface area (Å²) >= 11 is 0. The molecule has 2 fully saturated rings. The van der Waals surface area contributed by atoms with Gasteiger partial charge in [0.25, 0.3) is 0 Å². The molecule has 2 heterocycles. The zero-order valence-corrected chi connectivity index (χ0v) is 9.11. The Kier molecular flexibility index (Phi) is 1.54. The summed E-state index contributed by atoms with van der Waals surface area (Å²) in [7, 11) is 0. The van der Waals surface area contributed by atoms with Gasteiger partial charge in [-0.15, -0.1) is 0 Å². The number of hydrogen-bond acceptors (Lipinski definition) is 2. The first-order valence-corrected chi connectivity index (χ1v) is 5.95. The minimum atomic E-state index is 0.433. The van der Waals surface area contributed by atoms with Gasteiger partial charge in [-0.25, -0.2) is 0 Å². The lowest BCUT2D eigenvalue weighted by Gasteiger charge is -2.14. The lowest BCUT2D eigenvalue weighted by Crippen LogP contribution is -2.19. The third kappa shape index (κ3) is 0.978. The third-order valence-electron chi connectivity index (χ3n) is 4.25. The van der Waals surface area contributed by atoms with Crippen LogP contribution < -0.4 is 5.32 Å².